The van der Waals surface area contributed by atoms with Crippen LogP contribution in [0, 0.1) is 6.92 Å². The van der Waals surface area contributed by atoms with Crippen LogP contribution in [0.25, 0.3) is 0 Å². The molecule has 6 nitrogen and oxygen atoms in total. The minimum absolute atomic E-state index is 0.0453. The van der Waals surface area contributed by atoms with Gasteiger partial charge >= 0.3 is 0 Å². The number of anilines is 1. The largest absolute Gasteiger partial charge is 0.367 e. The molecule has 0 unspecified atom stereocenters. The number of carbonyl (C=O) groups excluding carboxylic acids is 2. The van der Waals surface area contributed by atoms with E-state index in [2.05, 4.69) is 53.5 Å². The Hall–Kier alpha value is -2.37. The van der Waals surface area contributed by atoms with Crippen LogP contribution in [0.4, 0.5) is 5.69 Å². The standard InChI is InChI=1S/C19H26N4O2/c1-14-5-3-4-6-17(14)22-11-12-23(15(2)13-22)19(25)10-8-16-7-9-18(24)21-20-16/h3-6,15H,7-13H2,1-2H3,(H,21,24)/t15-/m0/s1. The maximum atomic E-state index is 12.6. The zero-order valence-electron chi connectivity index (χ0n) is 15.0. The van der Waals surface area contributed by atoms with Gasteiger partial charge in [0.15, 0.2) is 0 Å². The minimum atomic E-state index is -0.0453. The van der Waals surface area contributed by atoms with E-state index in [1.807, 2.05) is 4.90 Å². The lowest BCUT2D eigenvalue weighted by atomic mass is 10.1. The highest BCUT2D eigenvalue weighted by atomic mass is 16.2. The van der Waals surface area contributed by atoms with Crippen molar-refractivity contribution in [3.05, 3.63) is 29.8 Å². The molecule has 3 rings (SSSR count). The van der Waals surface area contributed by atoms with Gasteiger partial charge < -0.3 is 9.80 Å². The molecular formula is C19H26N4O2. The van der Waals surface area contributed by atoms with Crippen LogP contribution in [-0.2, 0) is 9.59 Å². The highest BCUT2D eigenvalue weighted by Crippen LogP contribution is 2.23. The van der Waals surface area contributed by atoms with Crippen molar-refractivity contribution in [2.75, 3.05) is 24.5 Å². The maximum absolute atomic E-state index is 12.6. The minimum Gasteiger partial charge on any atom is -0.367 e. The molecule has 0 spiro atoms. The Kier molecular flexibility index (Phi) is 5.36. The van der Waals surface area contributed by atoms with E-state index < -0.39 is 0 Å². The van der Waals surface area contributed by atoms with Gasteiger partial charge in [-0.25, -0.2) is 5.43 Å². The summed E-state index contributed by atoms with van der Waals surface area (Å²) < 4.78 is 0. The van der Waals surface area contributed by atoms with Crippen LogP contribution in [-0.4, -0.2) is 48.1 Å². The first-order chi connectivity index (χ1) is 12.0. The van der Waals surface area contributed by atoms with Crippen LogP contribution < -0.4 is 10.3 Å². The summed E-state index contributed by atoms with van der Waals surface area (Å²) in [5.74, 6) is 0.132. The van der Waals surface area contributed by atoms with Crippen molar-refractivity contribution in [2.24, 2.45) is 5.10 Å². The molecule has 2 aliphatic heterocycles. The van der Waals surface area contributed by atoms with Crippen molar-refractivity contribution in [1.82, 2.24) is 10.3 Å². The SMILES string of the molecule is Cc1ccccc1N1CCN(C(=O)CCC2=NNC(=O)CC2)[C@@H](C)C1. The third-order valence-corrected chi connectivity index (χ3v) is 5.01. The molecule has 6 heteroatoms. The Balaban J connectivity index is 1.53. The first-order valence-corrected chi connectivity index (χ1v) is 8.99. The lowest BCUT2D eigenvalue weighted by Crippen LogP contribution is -2.54. The van der Waals surface area contributed by atoms with Crippen molar-refractivity contribution in [2.45, 2.75) is 45.6 Å². The number of carbonyl (C=O) groups is 2. The van der Waals surface area contributed by atoms with Crippen LogP contribution in [0.3, 0.4) is 0 Å². The fourth-order valence-corrected chi connectivity index (χ4v) is 3.55. The van der Waals surface area contributed by atoms with E-state index in [0.717, 1.165) is 25.3 Å². The quantitative estimate of drug-likeness (QED) is 0.911. The fraction of sp³-hybridized carbons (Fsp3) is 0.526. The van der Waals surface area contributed by atoms with E-state index in [0.29, 0.717) is 25.7 Å². The van der Waals surface area contributed by atoms with E-state index in [-0.39, 0.29) is 17.9 Å². The number of piperazine rings is 1. The summed E-state index contributed by atoms with van der Waals surface area (Å²) in [7, 11) is 0. The number of benzene rings is 1. The summed E-state index contributed by atoms with van der Waals surface area (Å²) in [4.78, 5) is 28.0. The van der Waals surface area contributed by atoms with Crippen LogP contribution >= 0.6 is 0 Å². The van der Waals surface area contributed by atoms with Gasteiger partial charge in [-0.1, -0.05) is 18.2 Å². The zero-order chi connectivity index (χ0) is 17.8. The average molecular weight is 342 g/mol. The molecule has 2 aliphatic rings. The molecule has 1 fully saturated rings. The highest BCUT2D eigenvalue weighted by Gasteiger charge is 2.28. The molecule has 1 aromatic carbocycles. The average Bonchev–Trinajstić information content (AvgIpc) is 2.61. The summed E-state index contributed by atoms with van der Waals surface area (Å²) >= 11 is 0. The molecule has 2 amide bonds. The van der Waals surface area contributed by atoms with Crippen molar-refractivity contribution in [3.8, 4) is 0 Å². The van der Waals surface area contributed by atoms with Gasteiger partial charge in [-0.3, -0.25) is 9.59 Å². The third-order valence-electron chi connectivity index (χ3n) is 5.01. The van der Waals surface area contributed by atoms with Gasteiger partial charge in [0.25, 0.3) is 0 Å². The Morgan fingerprint density at radius 2 is 2.08 bits per heavy atom. The number of hydrazone groups is 1. The normalized spacial score (nSPS) is 21.0. The van der Waals surface area contributed by atoms with Gasteiger partial charge in [-0.05, 0) is 38.3 Å². The molecule has 134 valence electrons. The lowest BCUT2D eigenvalue weighted by molar-refractivity contribution is -0.133. The van der Waals surface area contributed by atoms with E-state index in [9.17, 15) is 9.59 Å². The van der Waals surface area contributed by atoms with Gasteiger partial charge in [-0.2, -0.15) is 5.10 Å². The van der Waals surface area contributed by atoms with Gasteiger partial charge in [0.05, 0.1) is 0 Å². The maximum Gasteiger partial charge on any atom is 0.240 e. The van der Waals surface area contributed by atoms with Crippen LogP contribution in [0.2, 0.25) is 0 Å². The molecule has 1 aromatic rings. The smallest absolute Gasteiger partial charge is 0.240 e. The molecular weight excluding hydrogens is 316 g/mol. The highest BCUT2D eigenvalue weighted by molar-refractivity contribution is 5.94. The van der Waals surface area contributed by atoms with Crippen molar-refractivity contribution in [3.63, 3.8) is 0 Å². The molecule has 2 heterocycles. The second kappa shape index (κ2) is 7.68. The van der Waals surface area contributed by atoms with Crippen molar-refractivity contribution >= 4 is 23.2 Å². The van der Waals surface area contributed by atoms with Crippen molar-refractivity contribution in [1.29, 1.82) is 0 Å². The number of nitrogens with one attached hydrogen (secondary N) is 1. The molecule has 0 radical (unpaired) electrons. The predicted octanol–water partition coefficient (Wildman–Crippen LogP) is 2.08. The monoisotopic (exact) mass is 342 g/mol. The Morgan fingerprint density at radius 1 is 1.28 bits per heavy atom. The van der Waals surface area contributed by atoms with Crippen LogP contribution in [0.1, 0.15) is 38.2 Å². The Bertz CT molecular complexity index is 686. The van der Waals surface area contributed by atoms with Gasteiger partial charge in [0.2, 0.25) is 11.8 Å². The second-order valence-electron chi connectivity index (χ2n) is 6.88. The number of amides is 2. The van der Waals surface area contributed by atoms with Gasteiger partial charge in [-0.15, -0.1) is 0 Å². The Labute approximate surface area is 148 Å². The van der Waals surface area contributed by atoms with E-state index >= 15 is 0 Å². The molecule has 25 heavy (non-hydrogen) atoms. The number of hydrogen-bond acceptors (Lipinski definition) is 4. The lowest BCUT2D eigenvalue weighted by Gasteiger charge is -2.41. The first kappa shape index (κ1) is 17.5. The molecule has 1 N–H and O–H groups in total. The third kappa shape index (κ3) is 4.18. The van der Waals surface area contributed by atoms with Crippen molar-refractivity contribution < 1.29 is 9.59 Å². The topological polar surface area (TPSA) is 65.0 Å². The summed E-state index contributed by atoms with van der Waals surface area (Å²) in [6, 6.07) is 8.58. The molecule has 0 aromatic heterocycles. The van der Waals surface area contributed by atoms with Gasteiger partial charge in [0.1, 0.15) is 0 Å². The van der Waals surface area contributed by atoms with E-state index in [1.54, 1.807) is 0 Å². The molecule has 0 bridgehead atoms. The number of rotatable bonds is 4. The summed E-state index contributed by atoms with van der Waals surface area (Å²) in [6.07, 6.45) is 2.22. The number of para-hydroxylation sites is 1. The molecule has 0 aliphatic carbocycles. The second-order valence-corrected chi connectivity index (χ2v) is 6.88. The van der Waals surface area contributed by atoms with Crippen LogP contribution in [0.15, 0.2) is 29.4 Å². The summed E-state index contributed by atoms with van der Waals surface area (Å²) in [5, 5.41) is 4.05. The molecule has 1 saturated heterocycles. The van der Waals surface area contributed by atoms with E-state index in [4.69, 9.17) is 0 Å². The van der Waals surface area contributed by atoms with E-state index in [1.165, 1.54) is 11.3 Å². The first-order valence-electron chi connectivity index (χ1n) is 8.99. The summed E-state index contributed by atoms with van der Waals surface area (Å²) in [6.45, 7) is 6.70. The number of aryl methyl sites for hydroxylation is 1. The Morgan fingerprint density at radius 3 is 2.76 bits per heavy atom. The summed E-state index contributed by atoms with van der Waals surface area (Å²) in [5.41, 5.74) is 5.94. The number of hydrogen-bond donors (Lipinski definition) is 1. The molecule has 0 saturated carbocycles. The predicted molar refractivity (Wildman–Crippen MR) is 98.6 cm³/mol. The van der Waals surface area contributed by atoms with Crippen LogP contribution in [0.5, 0.6) is 0 Å². The fourth-order valence-electron chi connectivity index (χ4n) is 3.55. The zero-order valence-corrected chi connectivity index (χ0v) is 15.0. The number of nitrogens with zero attached hydrogens (tertiary/aromatic N) is 3. The molecule has 1 atom stereocenters. The van der Waals surface area contributed by atoms with Gasteiger partial charge in [0, 0.05) is 49.9 Å².